The van der Waals surface area contributed by atoms with Crippen LogP contribution in [0.15, 0.2) is 42.6 Å². The molecular formula is C13H12ClFN2. The van der Waals surface area contributed by atoms with E-state index in [-0.39, 0.29) is 11.9 Å². The predicted octanol–water partition coefficient (Wildman–Crippen LogP) is 3.12. The fourth-order valence-electron chi connectivity index (χ4n) is 1.64. The van der Waals surface area contributed by atoms with Crippen molar-refractivity contribution < 1.29 is 4.39 Å². The fraction of sp³-hybridized carbons (Fsp3) is 0.154. The van der Waals surface area contributed by atoms with Gasteiger partial charge in [0.1, 0.15) is 5.82 Å². The van der Waals surface area contributed by atoms with Crippen LogP contribution in [0.1, 0.15) is 17.3 Å². The molecule has 0 bridgehead atoms. The Hall–Kier alpha value is -1.45. The minimum Gasteiger partial charge on any atom is -0.322 e. The van der Waals surface area contributed by atoms with Gasteiger partial charge < -0.3 is 5.73 Å². The summed E-state index contributed by atoms with van der Waals surface area (Å²) in [5, 5.41) is 0.558. The van der Waals surface area contributed by atoms with Crippen LogP contribution in [-0.4, -0.2) is 4.98 Å². The van der Waals surface area contributed by atoms with Crippen molar-refractivity contribution in [2.75, 3.05) is 0 Å². The molecule has 0 fully saturated rings. The average Bonchev–Trinajstić information content (AvgIpc) is 2.32. The molecule has 1 unspecified atom stereocenters. The molecule has 1 atom stereocenters. The topological polar surface area (TPSA) is 38.9 Å². The van der Waals surface area contributed by atoms with E-state index in [1.54, 1.807) is 30.5 Å². The second kappa shape index (κ2) is 5.25. The monoisotopic (exact) mass is 250 g/mol. The molecule has 2 N–H and O–H groups in total. The maximum absolute atomic E-state index is 12.7. The lowest BCUT2D eigenvalue weighted by Crippen LogP contribution is -2.15. The standard InChI is InChI=1S/C13H12ClFN2/c14-11-2-1-7-17-13(11)12(16)8-9-3-5-10(15)6-4-9/h1-7,12H,8,16H2. The van der Waals surface area contributed by atoms with Crippen LogP contribution in [0.25, 0.3) is 0 Å². The first kappa shape index (κ1) is 12.0. The van der Waals surface area contributed by atoms with Crippen LogP contribution in [0.2, 0.25) is 5.02 Å². The van der Waals surface area contributed by atoms with Gasteiger partial charge in [-0.05, 0) is 36.2 Å². The van der Waals surface area contributed by atoms with E-state index in [0.29, 0.717) is 17.1 Å². The third-order valence-electron chi connectivity index (χ3n) is 2.51. The summed E-state index contributed by atoms with van der Waals surface area (Å²) >= 11 is 6.01. The van der Waals surface area contributed by atoms with Crippen molar-refractivity contribution in [1.82, 2.24) is 4.98 Å². The van der Waals surface area contributed by atoms with Gasteiger partial charge in [-0.15, -0.1) is 0 Å². The van der Waals surface area contributed by atoms with Crippen molar-refractivity contribution in [3.63, 3.8) is 0 Å². The van der Waals surface area contributed by atoms with Gasteiger partial charge in [-0.2, -0.15) is 0 Å². The molecule has 1 heterocycles. The second-order valence-electron chi connectivity index (χ2n) is 3.81. The molecule has 2 aromatic rings. The molecule has 0 saturated carbocycles. The van der Waals surface area contributed by atoms with Crippen LogP contribution in [-0.2, 0) is 6.42 Å². The Balaban J connectivity index is 2.14. The molecule has 2 nitrogen and oxygen atoms in total. The lowest BCUT2D eigenvalue weighted by molar-refractivity contribution is 0.625. The van der Waals surface area contributed by atoms with Gasteiger partial charge in [-0.3, -0.25) is 4.98 Å². The van der Waals surface area contributed by atoms with Gasteiger partial charge in [0.05, 0.1) is 16.8 Å². The number of aromatic nitrogens is 1. The van der Waals surface area contributed by atoms with E-state index in [4.69, 9.17) is 17.3 Å². The van der Waals surface area contributed by atoms with Crippen molar-refractivity contribution >= 4 is 11.6 Å². The Labute approximate surface area is 104 Å². The number of nitrogens with two attached hydrogens (primary N) is 1. The fourth-order valence-corrected chi connectivity index (χ4v) is 1.90. The number of nitrogens with zero attached hydrogens (tertiary/aromatic N) is 1. The van der Waals surface area contributed by atoms with Crippen LogP contribution in [0.5, 0.6) is 0 Å². The lowest BCUT2D eigenvalue weighted by Gasteiger charge is -2.12. The Morgan fingerprint density at radius 2 is 1.94 bits per heavy atom. The van der Waals surface area contributed by atoms with Crippen molar-refractivity contribution in [3.8, 4) is 0 Å². The number of hydrogen-bond donors (Lipinski definition) is 1. The molecule has 17 heavy (non-hydrogen) atoms. The molecule has 0 aliphatic carbocycles. The van der Waals surface area contributed by atoms with E-state index < -0.39 is 0 Å². The lowest BCUT2D eigenvalue weighted by atomic mass is 10.0. The maximum Gasteiger partial charge on any atom is 0.123 e. The number of rotatable bonds is 3. The van der Waals surface area contributed by atoms with E-state index in [2.05, 4.69) is 4.98 Å². The zero-order valence-corrected chi connectivity index (χ0v) is 9.86. The number of benzene rings is 1. The smallest absolute Gasteiger partial charge is 0.123 e. The van der Waals surface area contributed by atoms with E-state index in [0.717, 1.165) is 5.56 Å². The van der Waals surface area contributed by atoms with Crippen molar-refractivity contribution in [1.29, 1.82) is 0 Å². The van der Waals surface area contributed by atoms with Crippen molar-refractivity contribution in [3.05, 3.63) is 64.7 Å². The molecule has 88 valence electrons. The van der Waals surface area contributed by atoms with Crippen LogP contribution < -0.4 is 5.73 Å². The molecule has 0 aliphatic heterocycles. The Morgan fingerprint density at radius 1 is 1.24 bits per heavy atom. The molecule has 0 saturated heterocycles. The SMILES string of the molecule is NC(Cc1ccc(F)cc1)c1ncccc1Cl. The largest absolute Gasteiger partial charge is 0.322 e. The van der Waals surface area contributed by atoms with Gasteiger partial charge in [0.15, 0.2) is 0 Å². The number of hydrogen-bond acceptors (Lipinski definition) is 2. The van der Waals surface area contributed by atoms with Gasteiger partial charge in [0.25, 0.3) is 0 Å². The molecule has 1 aromatic heterocycles. The summed E-state index contributed by atoms with van der Waals surface area (Å²) in [5.41, 5.74) is 7.65. The predicted molar refractivity (Wildman–Crippen MR) is 66.3 cm³/mol. The van der Waals surface area contributed by atoms with Gasteiger partial charge >= 0.3 is 0 Å². The summed E-state index contributed by atoms with van der Waals surface area (Å²) < 4.78 is 12.7. The van der Waals surface area contributed by atoms with Gasteiger partial charge in [-0.1, -0.05) is 23.7 Å². The highest BCUT2D eigenvalue weighted by Crippen LogP contribution is 2.21. The molecule has 4 heteroatoms. The second-order valence-corrected chi connectivity index (χ2v) is 4.21. The van der Waals surface area contributed by atoms with Crippen LogP contribution >= 0.6 is 11.6 Å². The minimum absolute atomic E-state index is 0.252. The Morgan fingerprint density at radius 3 is 2.59 bits per heavy atom. The summed E-state index contributed by atoms with van der Waals surface area (Å²) in [4.78, 5) is 4.16. The highest BCUT2D eigenvalue weighted by molar-refractivity contribution is 6.31. The van der Waals surface area contributed by atoms with E-state index in [1.165, 1.54) is 12.1 Å². The summed E-state index contributed by atoms with van der Waals surface area (Å²) in [5.74, 6) is -0.252. The molecule has 0 aliphatic rings. The van der Waals surface area contributed by atoms with E-state index in [1.807, 2.05) is 0 Å². The molecular weight excluding hydrogens is 239 g/mol. The Kier molecular flexibility index (Phi) is 3.71. The highest BCUT2D eigenvalue weighted by atomic mass is 35.5. The average molecular weight is 251 g/mol. The first-order valence-corrected chi connectivity index (χ1v) is 5.65. The van der Waals surface area contributed by atoms with Gasteiger partial charge in [0.2, 0.25) is 0 Å². The first-order valence-electron chi connectivity index (χ1n) is 5.27. The molecule has 0 amide bonds. The first-order chi connectivity index (χ1) is 8.16. The van der Waals surface area contributed by atoms with E-state index in [9.17, 15) is 4.39 Å². The summed E-state index contributed by atoms with van der Waals surface area (Å²) in [6, 6.07) is 9.50. The summed E-state index contributed by atoms with van der Waals surface area (Å²) in [6.45, 7) is 0. The molecule has 1 aromatic carbocycles. The van der Waals surface area contributed by atoms with Gasteiger partial charge in [0, 0.05) is 6.20 Å². The maximum atomic E-state index is 12.7. The van der Waals surface area contributed by atoms with Crippen LogP contribution in [0.3, 0.4) is 0 Å². The van der Waals surface area contributed by atoms with Crippen LogP contribution in [0, 0.1) is 5.82 Å². The minimum atomic E-state index is -0.283. The zero-order valence-electron chi connectivity index (χ0n) is 9.11. The Bertz CT molecular complexity index is 499. The highest BCUT2D eigenvalue weighted by Gasteiger charge is 2.11. The van der Waals surface area contributed by atoms with E-state index >= 15 is 0 Å². The normalized spacial score (nSPS) is 12.4. The number of halogens is 2. The third-order valence-corrected chi connectivity index (χ3v) is 2.83. The van der Waals surface area contributed by atoms with Crippen molar-refractivity contribution in [2.24, 2.45) is 5.73 Å². The molecule has 0 radical (unpaired) electrons. The third kappa shape index (κ3) is 3.02. The molecule has 0 spiro atoms. The number of pyridine rings is 1. The van der Waals surface area contributed by atoms with Crippen LogP contribution in [0.4, 0.5) is 4.39 Å². The molecule has 2 rings (SSSR count). The quantitative estimate of drug-likeness (QED) is 0.909. The van der Waals surface area contributed by atoms with Gasteiger partial charge in [-0.25, -0.2) is 4.39 Å². The van der Waals surface area contributed by atoms with Crippen molar-refractivity contribution in [2.45, 2.75) is 12.5 Å². The summed E-state index contributed by atoms with van der Waals surface area (Å²) in [7, 11) is 0. The summed E-state index contributed by atoms with van der Waals surface area (Å²) in [6.07, 6.45) is 2.24. The zero-order chi connectivity index (χ0) is 12.3.